The first-order valence-corrected chi connectivity index (χ1v) is 11.2. The highest BCUT2D eigenvalue weighted by Gasteiger charge is 2.30. The molecular formula is C24H26F2N6O. The number of benzene rings is 1. The van der Waals surface area contributed by atoms with Crippen molar-refractivity contribution in [3.05, 3.63) is 59.9 Å². The second-order valence-corrected chi connectivity index (χ2v) is 8.68. The van der Waals surface area contributed by atoms with Crippen molar-refractivity contribution in [3.8, 4) is 6.07 Å². The first-order valence-electron chi connectivity index (χ1n) is 11.2. The molecule has 2 fully saturated rings. The molecule has 1 aromatic carbocycles. The Balaban J connectivity index is 1.27. The molecule has 5 rings (SSSR count). The number of fused-ring (bicyclic) bond motifs is 1. The van der Waals surface area contributed by atoms with E-state index < -0.39 is 5.82 Å². The summed E-state index contributed by atoms with van der Waals surface area (Å²) in [4.78, 5) is 6.54. The molecule has 0 amide bonds. The number of morpholine rings is 1. The molecule has 0 bridgehead atoms. The number of para-hydroxylation sites is 1. The second kappa shape index (κ2) is 8.96. The predicted molar refractivity (Wildman–Crippen MR) is 121 cm³/mol. The third-order valence-corrected chi connectivity index (χ3v) is 6.40. The summed E-state index contributed by atoms with van der Waals surface area (Å²) in [6, 6.07) is 12.4. The van der Waals surface area contributed by atoms with Gasteiger partial charge in [0.05, 0.1) is 29.8 Å². The molecule has 4 heterocycles. The van der Waals surface area contributed by atoms with Crippen LogP contribution in [0.25, 0.3) is 5.52 Å². The van der Waals surface area contributed by atoms with Gasteiger partial charge in [-0.25, -0.2) is 13.3 Å². The molecule has 0 aliphatic carbocycles. The number of aromatic nitrogens is 2. The summed E-state index contributed by atoms with van der Waals surface area (Å²) in [7, 11) is 0. The fourth-order valence-corrected chi connectivity index (χ4v) is 4.90. The van der Waals surface area contributed by atoms with Crippen molar-refractivity contribution in [2.75, 3.05) is 55.6 Å². The van der Waals surface area contributed by atoms with Crippen LogP contribution in [0.4, 0.5) is 20.2 Å². The van der Waals surface area contributed by atoms with E-state index in [1.54, 1.807) is 18.2 Å². The zero-order chi connectivity index (χ0) is 22.9. The highest BCUT2D eigenvalue weighted by atomic mass is 19.1. The molecule has 9 heteroatoms. The topological polar surface area (TPSA) is 60.0 Å². The van der Waals surface area contributed by atoms with E-state index in [2.05, 4.69) is 25.9 Å². The Kier molecular flexibility index (Phi) is 5.87. The van der Waals surface area contributed by atoms with Gasteiger partial charge in [0.1, 0.15) is 23.1 Å². The fraction of sp³-hybridized carbons (Fsp3) is 0.417. The Morgan fingerprint density at radius 1 is 1.00 bits per heavy atom. The lowest BCUT2D eigenvalue weighted by Crippen LogP contribution is -2.54. The van der Waals surface area contributed by atoms with Crippen molar-refractivity contribution in [2.45, 2.75) is 19.1 Å². The van der Waals surface area contributed by atoms with Gasteiger partial charge in [0.2, 0.25) is 0 Å². The van der Waals surface area contributed by atoms with Gasteiger partial charge in [-0.2, -0.15) is 10.4 Å². The molecule has 2 saturated heterocycles. The van der Waals surface area contributed by atoms with Gasteiger partial charge in [-0.1, -0.05) is 12.1 Å². The Hall–Kier alpha value is -3.22. The third kappa shape index (κ3) is 4.24. The van der Waals surface area contributed by atoms with Crippen molar-refractivity contribution >= 4 is 16.9 Å². The van der Waals surface area contributed by atoms with Gasteiger partial charge in [0.25, 0.3) is 0 Å². The Labute approximate surface area is 191 Å². The van der Waals surface area contributed by atoms with Gasteiger partial charge in [-0.05, 0) is 31.2 Å². The molecule has 33 heavy (non-hydrogen) atoms. The molecule has 2 aromatic heterocycles. The fourth-order valence-electron chi connectivity index (χ4n) is 4.90. The molecule has 2 atom stereocenters. The Bertz CT molecular complexity index is 1180. The quantitative estimate of drug-likeness (QED) is 0.607. The first-order chi connectivity index (χ1) is 16.0. The molecule has 0 radical (unpaired) electrons. The van der Waals surface area contributed by atoms with Crippen molar-refractivity contribution < 1.29 is 13.5 Å². The molecule has 3 aromatic rings. The number of hydrogen-bond donors (Lipinski definition) is 0. The van der Waals surface area contributed by atoms with E-state index in [4.69, 9.17) is 4.74 Å². The number of rotatable bonds is 4. The number of anilines is 2. The van der Waals surface area contributed by atoms with Crippen molar-refractivity contribution in [2.24, 2.45) is 0 Å². The maximum Gasteiger partial charge on any atom is 0.171 e. The number of nitrogens with zero attached hydrogens (tertiary/aromatic N) is 6. The average molecular weight is 453 g/mol. The number of nitriles is 1. The third-order valence-electron chi connectivity index (χ3n) is 6.40. The minimum Gasteiger partial charge on any atom is -0.370 e. The Morgan fingerprint density at radius 3 is 2.55 bits per heavy atom. The lowest BCUT2D eigenvalue weighted by Gasteiger charge is -2.42. The zero-order valence-electron chi connectivity index (χ0n) is 18.5. The molecule has 2 aliphatic rings. The first kappa shape index (κ1) is 21.6. The van der Waals surface area contributed by atoms with E-state index in [9.17, 15) is 14.0 Å². The van der Waals surface area contributed by atoms with Crippen LogP contribution in [0.2, 0.25) is 0 Å². The minimum absolute atomic E-state index is 0.0230. The maximum absolute atomic E-state index is 14.6. The van der Waals surface area contributed by atoms with E-state index in [0.29, 0.717) is 35.7 Å². The summed E-state index contributed by atoms with van der Waals surface area (Å²) in [5.74, 6) is -0.631. The van der Waals surface area contributed by atoms with Gasteiger partial charge in [0, 0.05) is 45.8 Å². The van der Waals surface area contributed by atoms with Crippen LogP contribution in [0.5, 0.6) is 0 Å². The Morgan fingerprint density at radius 2 is 1.79 bits per heavy atom. The molecule has 0 spiro atoms. The van der Waals surface area contributed by atoms with Crippen LogP contribution >= 0.6 is 0 Å². The summed E-state index contributed by atoms with van der Waals surface area (Å²) in [5.41, 5.74) is 1.98. The molecule has 7 nitrogen and oxygen atoms in total. The second-order valence-electron chi connectivity index (χ2n) is 8.68. The summed E-state index contributed by atoms with van der Waals surface area (Å²) < 4.78 is 36.3. The van der Waals surface area contributed by atoms with Crippen LogP contribution in [0, 0.1) is 23.0 Å². The average Bonchev–Trinajstić information content (AvgIpc) is 3.21. The van der Waals surface area contributed by atoms with Crippen LogP contribution < -0.4 is 9.80 Å². The summed E-state index contributed by atoms with van der Waals surface area (Å²) >= 11 is 0. The van der Waals surface area contributed by atoms with Gasteiger partial charge in [0.15, 0.2) is 5.82 Å². The number of pyridine rings is 1. The summed E-state index contributed by atoms with van der Waals surface area (Å²) in [6.45, 7) is 7.16. The van der Waals surface area contributed by atoms with E-state index in [-0.39, 0.29) is 18.0 Å². The summed E-state index contributed by atoms with van der Waals surface area (Å²) in [6.07, 6.45) is 1.08. The SMILES string of the molecule is CC1CN(c2ccc(C#N)n3ncc(F)c23)CC(CN2CCN(c3ccccc3F)CC2)O1. The van der Waals surface area contributed by atoms with Crippen LogP contribution in [-0.2, 0) is 4.74 Å². The molecular weight excluding hydrogens is 426 g/mol. The summed E-state index contributed by atoms with van der Waals surface area (Å²) in [5, 5.41) is 13.4. The molecule has 0 saturated carbocycles. The van der Waals surface area contributed by atoms with Crippen molar-refractivity contribution in [1.82, 2.24) is 14.5 Å². The van der Waals surface area contributed by atoms with E-state index in [1.165, 1.54) is 10.6 Å². The normalized spacial score (nSPS) is 22.0. The minimum atomic E-state index is -0.443. The number of hydrogen-bond acceptors (Lipinski definition) is 6. The monoisotopic (exact) mass is 452 g/mol. The lowest BCUT2D eigenvalue weighted by atomic mass is 10.1. The zero-order valence-corrected chi connectivity index (χ0v) is 18.5. The van der Waals surface area contributed by atoms with Crippen LogP contribution in [-0.4, -0.2) is 72.5 Å². The standard InChI is InChI=1S/C24H26F2N6O/c1-17-14-31(23-7-6-18(12-27)32-24(23)21(26)13-28-32)16-19(33-17)15-29-8-10-30(11-9-29)22-5-3-2-4-20(22)25/h2-7,13,17,19H,8-11,14-16H2,1H3. The number of halogens is 2. The molecule has 172 valence electrons. The number of piperazine rings is 1. The molecule has 0 N–H and O–H groups in total. The largest absolute Gasteiger partial charge is 0.370 e. The molecule has 2 aliphatic heterocycles. The van der Waals surface area contributed by atoms with Crippen LogP contribution in [0.3, 0.4) is 0 Å². The molecule has 2 unspecified atom stereocenters. The highest BCUT2D eigenvalue weighted by molar-refractivity contribution is 5.74. The van der Waals surface area contributed by atoms with Gasteiger partial charge < -0.3 is 14.5 Å². The lowest BCUT2D eigenvalue weighted by molar-refractivity contribution is -0.0327. The van der Waals surface area contributed by atoms with E-state index >= 15 is 0 Å². The van der Waals surface area contributed by atoms with Crippen molar-refractivity contribution in [3.63, 3.8) is 0 Å². The van der Waals surface area contributed by atoms with Crippen LogP contribution in [0.1, 0.15) is 12.6 Å². The van der Waals surface area contributed by atoms with Crippen molar-refractivity contribution in [1.29, 1.82) is 5.26 Å². The smallest absolute Gasteiger partial charge is 0.171 e. The van der Waals surface area contributed by atoms with Gasteiger partial charge in [-0.3, -0.25) is 4.90 Å². The number of ether oxygens (including phenoxy) is 1. The van der Waals surface area contributed by atoms with E-state index in [1.807, 2.05) is 19.1 Å². The van der Waals surface area contributed by atoms with Gasteiger partial charge >= 0.3 is 0 Å². The highest BCUT2D eigenvalue weighted by Crippen LogP contribution is 2.29. The maximum atomic E-state index is 14.6. The van der Waals surface area contributed by atoms with Gasteiger partial charge in [-0.15, -0.1) is 0 Å². The van der Waals surface area contributed by atoms with Crippen LogP contribution in [0.15, 0.2) is 42.6 Å². The van der Waals surface area contributed by atoms with E-state index in [0.717, 1.165) is 38.9 Å². The predicted octanol–water partition coefficient (Wildman–Crippen LogP) is 2.90.